The van der Waals surface area contributed by atoms with Crippen LogP contribution in [0, 0.1) is 0 Å². The predicted molar refractivity (Wildman–Crippen MR) is 106 cm³/mol. The Labute approximate surface area is 159 Å². The summed E-state index contributed by atoms with van der Waals surface area (Å²) in [4.78, 5) is 22.6. The Bertz CT molecular complexity index is 1060. The highest BCUT2D eigenvalue weighted by Crippen LogP contribution is 2.31. The molecule has 0 spiro atoms. The van der Waals surface area contributed by atoms with E-state index in [1.54, 1.807) is 36.0 Å². The smallest absolute Gasteiger partial charge is 0.247 e. The molecule has 0 saturated carbocycles. The van der Waals surface area contributed by atoms with E-state index in [-0.39, 0.29) is 5.91 Å². The van der Waals surface area contributed by atoms with Gasteiger partial charge >= 0.3 is 0 Å². The quantitative estimate of drug-likeness (QED) is 0.539. The van der Waals surface area contributed by atoms with E-state index in [1.165, 1.54) is 11.3 Å². The third kappa shape index (κ3) is 3.09. The summed E-state index contributed by atoms with van der Waals surface area (Å²) in [6, 6.07) is 14.4. The van der Waals surface area contributed by atoms with Gasteiger partial charge in [0.05, 0.1) is 21.4 Å². The van der Waals surface area contributed by atoms with Crippen molar-refractivity contribution in [1.82, 2.24) is 14.5 Å². The molecule has 1 amide bonds. The van der Waals surface area contributed by atoms with Gasteiger partial charge in [0.25, 0.3) is 0 Å². The van der Waals surface area contributed by atoms with Gasteiger partial charge < -0.3 is 9.88 Å². The standard InChI is InChI=1S/C19H15ClN4OS/c1-12(19(25)22-14-8-6-13(20)7-9-14)24-16-5-3-2-4-15(16)23-18(24)17-10-21-11-26-17/h2-12H,1H3,(H,22,25). The molecular weight excluding hydrogens is 368 g/mol. The molecular formula is C19H15ClN4OS. The largest absolute Gasteiger partial charge is 0.324 e. The minimum Gasteiger partial charge on any atom is -0.324 e. The van der Waals surface area contributed by atoms with Crippen LogP contribution in [0.1, 0.15) is 13.0 Å². The SMILES string of the molecule is CC(C(=O)Nc1ccc(Cl)cc1)n1c(-c2cncs2)nc2ccccc21. The molecule has 4 aromatic rings. The van der Waals surface area contributed by atoms with E-state index < -0.39 is 6.04 Å². The molecule has 0 aliphatic heterocycles. The fourth-order valence-corrected chi connectivity index (χ4v) is 3.57. The number of benzene rings is 2. The number of hydrogen-bond donors (Lipinski definition) is 1. The second-order valence-corrected chi connectivity index (χ2v) is 7.15. The Balaban J connectivity index is 1.73. The van der Waals surface area contributed by atoms with Crippen LogP contribution in [0.2, 0.25) is 5.02 Å². The van der Waals surface area contributed by atoms with Crippen molar-refractivity contribution in [2.24, 2.45) is 0 Å². The number of fused-ring (bicyclic) bond motifs is 1. The maximum Gasteiger partial charge on any atom is 0.247 e. The van der Waals surface area contributed by atoms with Crippen molar-refractivity contribution in [3.05, 3.63) is 65.3 Å². The lowest BCUT2D eigenvalue weighted by atomic mass is 10.2. The van der Waals surface area contributed by atoms with Crippen molar-refractivity contribution in [3.63, 3.8) is 0 Å². The number of carbonyl (C=O) groups is 1. The molecule has 5 nitrogen and oxygen atoms in total. The maximum absolute atomic E-state index is 12.9. The number of nitrogens with one attached hydrogen (secondary N) is 1. The van der Waals surface area contributed by atoms with E-state index in [1.807, 2.05) is 35.8 Å². The zero-order valence-corrected chi connectivity index (χ0v) is 15.5. The van der Waals surface area contributed by atoms with Crippen molar-refractivity contribution < 1.29 is 4.79 Å². The van der Waals surface area contributed by atoms with Crippen LogP contribution in [0.4, 0.5) is 5.69 Å². The van der Waals surface area contributed by atoms with Crippen molar-refractivity contribution >= 4 is 45.6 Å². The average molecular weight is 383 g/mol. The highest BCUT2D eigenvalue weighted by molar-refractivity contribution is 7.13. The zero-order chi connectivity index (χ0) is 18.1. The minimum absolute atomic E-state index is 0.124. The van der Waals surface area contributed by atoms with E-state index in [2.05, 4.69) is 10.3 Å². The lowest BCUT2D eigenvalue weighted by molar-refractivity contribution is -0.118. The molecule has 0 bridgehead atoms. The number of anilines is 1. The number of imidazole rings is 1. The van der Waals surface area contributed by atoms with Gasteiger partial charge in [-0.1, -0.05) is 23.7 Å². The van der Waals surface area contributed by atoms with Gasteiger partial charge in [-0.3, -0.25) is 9.78 Å². The fourth-order valence-electron chi connectivity index (χ4n) is 2.83. The molecule has 26 heavy (non-hydrogen) atoms. The number of rotatable bonds is 4. The predicted octanol–water partition coefficient (Wildman–Crippen LogP) is 5.01. The van der Waals surface area contributed by atoms with Crippen LogP contribution < -0.4 is 5.32 Å². The lowest BCUT2D eigenvalue weighted by Crippen LogP contribution is -2.24. The topological polar surface area (TPSA) is 59.8 Å². The van der Waals surface area contributed by atoms with E-state index in [4.69, 9.17) is 16.6 Å². The van der Waals surface area contributed by atoms with Gasteiger partial charge in [0, 0.05) is 16.9 Å². The van der Waals surface area contributed by atoms with E-state index in [0.29, 0.717) is 10.7 Å². The van der Waals surface area contributed by atoms with Gasteiger partial charge in [-0.15, -0.1) is 11.3 Å². The Morgan fingerprint density at radius 1 is 1.19 bits per heavy atom. The van der Waals surface area contributed by atoms with Gasteiger partial charge in [0.1, 0.15) is 6.04 Å². The summed E-state index contributed by atoms with van der Waals surface area (Å²) in [6.45, 7) is 1.86. The van der Waals surface area contributed by atoms with Crippen molar-refractivity contribution in [1.29, 1.82) is 0 Å². The Hall–Kier alpha value is -2.70. The van der Waals surface area contributed by atoms with Crippen LogP contribution in [0.25, 0.3) is 21.7 Å². The highest BCUT2D eigenvalue weighted by atomic mass is 35.5. The maximum atomic E-state index is 12.9. The van der Waals surface area contributed by atoms with Crippen molar-refractivity contribution in [3.8, 4) is 10.7 Å². The molecule has 2 aromatic carbocycles. The Kier molecular flexibility index (Phi) is 4.44. The fraction of sp³-hybridized carbons (Fsp3) is 0.105. The van der Waals surface area contributed by atoms with Crippen molar-refractivity contribution in [2.75, 3.05) is 5.32 Å². The van der Waals surface area contributed by atoms with Crippen LogP contribution >= 0.6 is 22.9 Å². The number of carbonyl (C=O) groups excluding carboxylic acids is 1. The third-order valence-corrected chi connectivity index (χ3v) is 5.15. The zero-order valence-electron chi connectivity index (χ0n) is 13.9. The number of halogens is 1. The second kappa shape index (κ2) is 6.90. The van der Waals surface area contributed by atoms with Gasteiger partial charge in [-0.2, -0.15) is 0 Å². The molecule has 130 valence electrons. The minimum atomic E-state index is -0.449. The molecule has 1 atom stereocenters. The van der Waals surface area contributed by atoms with Crippen LogP contribution in [-0.4, -0.2) is 20.4 Å². The van der Waals surface area contributed by atoms with Gasteiger partial charge in [0.15, 0.2) is 5.82 Å². The molecule has 0 radical (unpaired) electrons. The first-order valence-electron chi connectivity index (χ1n) is 8.06. The third-order valence-electron chi connectivity index (χ3n) is 4.13. The summed E-state index contributed by atoms with van der Waals surface area (Å²) in [5, 5.41) is 3.56. The van der Waals surface area contributed by atoms with Gasteiger partial charge in [-0.25, -0.2) is 4.98 Å². The molecule has 0 saturated heterocycles. The summed E-state index contributed by atoms with van der Waals surface area (Å²) in [6.07, 6.45) is 1.77. The normalized spacial score (nSPS) is 12.2. The molecule has 0 aliphatic carbocycles. The average Bonchev–Trinajstić information content (AvgIpc) is 3.30. The summed E-state index contributed by atoms with van der Waals surface area (Å²) >= 11 is 7.40. The number of para-hydroxylation sites is 2. The molecule has 0 fully saturated rings. The summed E-state index contributed by atoms with van der Waals surface area (Å²) in [7, 11) is 0. The van der Waals surface area contributed by atoms with E-state index >= 15 is 0 Å². The number of nitrogens with zero attached hydrogens (tertiary/aromatic N) is 3. The Morgan fingerprint density at radius 3 is 2.69 bits per heavy atom. The number of thiazole rings is 1. The van der Waals surface area contributed by atoms with Crippen molar-refractivity contribution in [2.45, 2.75) is 13.0 Å². The van der Waals surface area contributed by atoms with Gasteiger partial charge in [-0.05, 0) is 43.3 Å². The summed E-state index contributed by atoms with van der Waals surface area (Å²) < 4.78 is 1.95. The molecule has 2 heterocycles. The van der Waals surface area contributed by atoms with Crippen LogP contribution in [0.15, 0.2) is 60.2 Å². The number of amides is 1. The first-order valence-corrected chi connectivity index (χ1v) is 9.31. The molecule has 2 aromatic heterocycles. The molecule has 1 N–H and O–H groups in total. The molecule has 4 rings (SSSR count). The second-order valence-electron chi connectivity index (χ2n) is 5.83. The Morgan fingerprint density at radius 2 is 1.96 bits per heavy atom. The van der Waals surface area contributed by atoms with Gasteiger partial charge in [0.2, 0.25) is 5.91 Å². The lowest BCUT2D eigenvalue weighted by Gasteiger charge is -2.17. The first kappa shape index (κ1) is 16.8. The van der Waals surface area contributed by atoms with E-state index in [9.17, 15) is 4.79 Å². The molecule has 0 aliphatic rings. The van der Waals surface area contributed by atoms with E-state index in [0.717, 1.165) is 21.7 Å². The van der Waals surface area contributed by atoms with Crippen LogP contribution in [0.3, 0.4) is 0 Å². The monoisotopic (exact) mass is 382 g/mol. The van der Waals surface area contributed by atoms with Crippen LogP contribution in [0.5, 0.6) is 0 Å². The molecule has 7 heteroatoms. The summed E-state index contributed by atoms with van der Waals surface area (Å²) in [5.41, 5.74) is 4.23. The highest BCUT2D eigenvalue weighted by Gasteiger charge is 2.23. The molecule has 1 unspecified atom stereocenters. The van der Waals surface area contributed by atoms with Crippen LogP contribution in [-0.2, 0) is 4.79 Å². The first-order chi connectivity index (χ1) is 12.6. The summed E-state index contributed by atoms with van der Waals surface area (Å²) in [5.74, 6) is 0.619. The number of aromatic nitrogens is 3. The number of hydrogen-bond acceptors (Lipinski definition) is 4.